The average Bonchev–Trinajstić information content (AvgIpc) is 3.63. The third-order valence-electron chi connectivity index (χ3n) is 5.29. The number of thiophene rings is 1. The Kier molecular flexibility index (Phi) is 6.59. The number of furan rings is 2. The second-order valence-electron chi connectivity index (χ2n) is 7.82. The van der Waals surface area contributed by atoms with E-state index in [1.807, 2.05) is 0 Å². The minimum Gasteiger partial charge on any atom is -0.484 e. The van der Waals surface area contributed by atoms with Gasteiger partial charge in [0.2, 0.25) is 0 Å². The first-order chi connectivity index (χ1) is 18.1. The maximum Gasteiger partial charge on any atom is 0.433 e. The number of hydrogen-bond donors (Lipinski definition) is 2. The standard InChI is InChI=1S/C25H15ClF3N3O5S/c26-14-4-1-2-5-16(14)36-11-12-7-8-17(37-12)23(34)32-20-19-13(15-6-3-9-35-15)10-18(25(27,28)29)31-24(19)38-21(20)22(30)33/h1-10H,11H2,(H2,30,33)(H,32,34). The van der Waals surface area contributed by atoms with E-state index < -0.39 is 23.7 Å². The van der Waals surface area contributed by atoms with E-state index in [1.54, 1.807) is 24.3 Å². The smallest absolute Gasteiger partial charge is 0.433 e. The van der Waals surface area contributed by atoms with Crippen molar-refractivity contribution < 1.29 is 36.3 Å². The Hall–Kier alpha value is -4.29. The van der Waals surface area contributed by atoms with E-state index in [-0.39, 0.29) is 44.5 Å². The van der Waals surface area contributed by atoms with Crippen molar-refractivity contribution in [3.05, 3.63) is 88.0 Å². The Morgan fingerprint density at radius 1 is 1.13 bits per heavy atom. The number of anilines is 1. The second-order valence-corrected chi connectivity index (χ2v) is 9.23. The molecule has 0 bridgehead atoms. The van der Waals surface area contributed by atoms with Crippen molar-refractivity contribution in [2.75, 3.05) is 5.32 Å². The Morgan fingerprint density at radius 3 is 2.61 bits per heavy atom. The Labute approximate surface area is 220 Å². The van der Waals surface area contributed by atoms with Crippen molar-refractivity contribution in [1.82, 2.24) is 4.98 Å². The lowest BCUT2D eigenvalue weighted by Crippen LogP contribution is -2.16. The first-order valence-corrected chi connectivity index (χ1v) is 12.0. The lowest BCUT2D eigenvalue weighted by Gasteiger charge is -2.10. The van der Waals surface area contributed by atoms with Crippen LogP contribution in [0.2, 0.25) is 5.02 Å². The second kappa shape index (κ2) is 9.88. The topological polar surface area (TPSA) is 121 Å². The summed E-state index contributed by atoms with van der Waals surface area (Å²) in [5, 5.41) is 3.00. The zero-order valence-electron chi connectivity index (χ0n) is 19.0. The van der Waals surface area contributed by atoms with Crippen LogP contribution in [0.3, 0.4) is 0 Å². The van der Waals surface area contributed by atoms with Gasteiger partial charge >= 0.3 is 6.18 Å². The first-order valence-electron chi connectivity index (χ1n) is 10.8. The Balaban J connectivity index is 1.50. The number of aromatic nitrogens is 1. The number of ether oxygens (including phenoxy) is 1. The van der Waals surface area contributed by atoms with Crippen molar-refractivity contribution in [2.45, 2.75) is 12.8 Å². The molecule has 5 aromatic rings. The van der Waals surface area contributed by atoms with Crippen LogP contribution in [0.5, 0.6) is 5.75 Å². The fraction of sp³-hybridized carbons (Fsp3) is 0.0800. The monoisotopic (exact) mass is 561 g/mol. The molecule has 8 nitrogen and oxygen atoms in total. The van der Waals surface area contributed by atoms with Gasteiger partial charge in [-0.15, -0.1) is 11.3 Å². The molecule has 3 N–H and O–H groups in total. The number of fused-ring (bicyclic) bond motifs is 1. The molecule has 0 fully saturated rings. The number of primary amides is 1. The van der Waals surface area contributed by atoms with Gasteiger partial charge in [-0.2, -0.15) is 13.2 Å². The van der Waals surface area contributed by atoms with Crippen LogP contribution < -0.4 is 15.8 Å². The number of benzene rings is 1. The summed E-state index contributed by atoms with van der Waals surface area (Å²) in [6.45, 7) is -0.0300. The highest BCUT2D eigenvalue weighted by atomic mass is 35.5. The van der Waals surface area contributed by atoms with Gasteiger partial charge in [0, 0.05) is 10.9 Å². The highest BCUT2D eigenvalue weighted by Gasteiger charge is 2.35. The van der Waals surface area contributed by atoms with E-state index in [0.717, 1.165) is 6.07 Å². The fourth-order valence-electron chi connectivity index (χ4n) is 3.63. The highest BCUT2D eigenvalue weighted by Crippen LogP contribution is 2.44. The van der Waals surface area contributed by atoms with Gasteiger partial charge in [0.25, 0.3) is 11.8 Å². The van der Waals surface area contributed by atoms with Crippen molar-refractivity contribution in [3.8, 4) is 17.1 Å². The van der Waals surface area contributed by atoms with Gasteiger partial charge in [-0.05, 0) is 42.5 Å². The molecule has 194 valence electrons. The average molecular weight is 562 g/mol. The molecular weight excluding hydrogens is 547 g/mol. The summed E-state index contributed by atoms with van der Waals surface area (Å²) in [5.41, 5.74) is 4.16. The molecule has 0 atom stereocenters. The zero-order valence-corrected chi connectivity index (χ0v) is 20.5. The number of alkyl halides is 3. The maximum atomic E-state index is 13.6. The molecule has 0 saturated heterocycles. The fourth-order valence-corrected chi connectivity index (χ4v) is 4.82. The molecule has 0 spiro atoms. The van der Waals surface area contributed by atoms with Crippen LogP contribution in [0.1, 0.15) is 31.7 Å². The molecule has 0 unspecified atom stereocenters. The number of para-hydroxylation sites is 1. The minimum atomic E-state index is -4.77. The van der Waals surface area contributed by atoms with Crippen molar-refractivity contribution in [3.63, 3.8) is 0 Å². The van der Waals surface area contributed by atoms with Crippen LogP contribution in [0.4, 0.5) is 18.9 Å². The van der Waals surface area contributed by atoms with Crippen LogP contribution in [-0.4, -0.2) is 16.8 Å². The largest absolute Gasteiger partial charge is 0.484 e. The number of nitrogens with zero attached hydrogens (tertiary/aromatic N) is 1. The maximum absolute atomic E-state index is 13.6. The number of hydrogen-bond acceptors (Lipinski definition) is 7. The van der Waals surface area contributed by atoms with E-state index >= 15 is 0 Å². The molecular formula is C25H15ClF3N3O5S. The molecule has 5 rings (SSSR count). The van der Waals surface area contributed by atoms with E-state index in [1.165, 1.54) is 30.5 Å². The summed E-state index contributed by atoms with van der Waals surface area (Å²) in [4.78, 5) is 28.6. The van der Waals surface area contributed by atoms with Gasteiger partial charge in [0.05, 0.1) is 17.0 Å². The van der Waals surface area contributed by atoms with Crippen LogP contribution in [0, 0.1) is 0 Å². The molecule has 4 aromatic heterocycles. The van der Waals surface area contributed by atoms with Gasteiger partial charge in [-0.25, -0.2) is 4.98 Å². The lowest BCUT2D eigenvalue weighted by atomic mass is 10.1. The van der Waals surface area contributed by atoms with Crippen LogP contribution in [-0.2, 0) is 12.8 Å². The van der Waals surface area contributed by atoms with E-state index in [2.05, 4.69) is 10.3 Å². The lowest BCUT2D eigenvalue weighted by molar-refractivity contribution is -0.140. The van der Waals surface area contributed by atoms with Gasteiger partial charge in [0.1, 0.15) is 39.3 Å². The molecule has 0 aliphatic carbocycles. The Morgan fingerprint density at radius 2 is 1.92 bits per heavy atom. The summed E-state index contributed by atoms with van der Waals surface area (Å²) in [6.07, 6.45) is -3.49. The number of amides is 2. The molecule has 1 aromatic carbocycles. The van der Waals surface area contributed by atoms with Crippen LogP contribution in [0.25, 0.3) is 21.5 Å². The SMILES string of the molecule is NC(=O)c1sc2nc(C(F)(F)F)cc(-c3ccco3)c2c1NC(=O)c1ccc(COc2ccccc2Cl)o1. The summed E-state index contributed by atoms with van der Waals surface area (Å²) < 4.78 is 57.1. The van der Waals surface area contributed by atoms with Gasteiger partial charge in [-0.3, -0.25) is 9.59 Å². The van der Waals surface area contributed by atoms with Gasteiger partial charge in [-0.1, -0.05) is 23.7 Å². The number of nitrogens with one attached hydrogen (secondary N) is 1. The number of carbonyl (C=O) groups is 2. The first kappa shape index (κ1) is 25.4. The van der Waals surface area contributed by atoms with E-state index in [0.29, 0.717) is 27.9 Å². The summed E-state index contributed by atoms with van der Waals surface area (Å²) in [6, 6.07) is 13.4. The molecule has 13 heteroatoms. The predicted molar refractivity (Wildman–Crippen MR) is 133 cm³/mol. The molecule has 0 saturated carbocycles. The van der Waals surface area contributed by atoms with Crippen LogP contribution >= 0.6 is 22.9 Å². The molecule has 4 heterocycles. The number of halogens is 4. The van der Waals surface area contributed by atoms with Crippen LogP contribution in [0.15, 0.2) is 69.7 Å². The van der Waals surface area contributed by atoms with Crippen molar-refractivity contribution >= 4 is 50.7 Å². The summed E-state index contributed by atoms with van der Waals surface area (Å²) in [7, 11) is 0. The Bertz CT molecular complexity index is 1660. The summed E-state index contributed by atoms with van der Waals surface area (Å²) >= 11 is 6.69. The molecule has 0 aliphatic heterocycles. The highest BCUT2D eigenvalue weighted by molar-refractivity contribution is 7.21. The third-order valence-corrected chi connectivity index (χ3v) is 6.70. The number of pyridine rings is 1. The molecule has 0 radical (unpaired) electrons. The van der Waals surface area contributed by atoms with E-state index in [4.69, 9.17) is 30.9 Å². The normalized spacial score (nSPS) is 11.6. The quantitative estimate of drug-likeness (QED) is 0.227. The van der Waals surface area contributed by atoms with Crippen molar-refractivity contribution in [1.29, 1.82) is 0 Å². The van der Waals surface area contributed by atoms with Crippen molar-refractivity contribution in [2.24, 2.45) is 5.73 Å². The molecule has 38 heavy (non-hydrogen) atoms. The van der Waals surface area contributed by atoms with Gasteiger partial charge in [0.15, 0.2) is 5.76 Å². The number of carbonyl (C=O) groups excluding carboxylic acids is 2. The molecule has 0 aliphatic rings. The summed E-state index contributed by atoms with van der Waals surface area (Å²) in [5.74, 6) is -1.09. The van der Waals surface area contributed by atoms with E-state index in [9.17, 15) is 22.8 Å². The zero-order chi connectivity index (χ0) is 27.0. The number of nitrogens with two attached hydrogens (primary N) is 1. The third kappa shape index (κ3) is 4.95. The minimum absolute atomic E-state index is 0.0281. The molecule has 2 amide bonds. The van der Waals surface area contributed by atoms with Gasteiger partial charge < -0.3 is 24.6 Å². The number of rotatable bonds is 7. The predicted octanol–water partition coefficient (Wildman–Crippen LogP) is 6.75.